The lowest BCUT2D eigenvalue weighted by Crippen LogP contribution is -2.15. The number of hydrogen-bond donors (Lipinski definition) is 2. The minimum atomic E-state index is 0.948. The molecule has 104 valence electrons. The lowest BCUT2D eigenvalue weighted by Gasteiger charge is -2.01. The number of halogens is 1. The van der Waals surface area contributed by atoms with Gasteiger partial charge in [-0.15, -0.1) is 23.1 Å². The standard InChI is InChI=1S/C15H15BrN2S2/c16-12-8-13(20-10-12)9-17-5-6-19-15-7-11-3-1-2-4-14(11)18-15/h1-4,7-8,10,17-18H,5-6,9H2. The van der Waals surface area contributed by atoms with Crippen LogP contribution in [-0.4, -0.2) is 17.3 Å². The molecule has 0 aliphatic rings. The third-order valence-corrected chi connectivity index (χ3v) is 5.60. The van der Waals surface area contributed by atoms with Gasteiger partial charge in [0.15, 0.2) is 0 Å². The smallest absolute Gasteiger partial charge is 0.0732 e. The van der Waals surface area contributed by atoms with E-state index in [0.29, 0.717) is 0 Å². The van der Waals surface area contributed by atoms with Crippen LogP contribution in [0.25, 0.3) is 10.9 Å². The summed E-state index contributed by atoms with van der Waals surface area (Å²) in [6, 6.07) is 12.8. The van der Waals surface area contributed by atoms with E-state index in [2.05, 4.69) is 68.0 Å². The summed E-state index contributed by atoms with van der Waals surface area (Å²) in [5.74, 6) is 1.07. The molecule has 0 unspecified atom stereocenters. The maximum atomic E-state index is 3.48. The van der Waals surface area contributed by atoms with Gasteiger partial charge in [-0.1, -0.05) is 18.2 Å². The van der Waals surface area contributed by atoms with E-state index >= 15 is 0 Å². The van der Waals surface area contributed by atoms with Gasteiger partial charge in [0.05, 0.1) is 5.03 Å². The van der Waals surface area contributed by atoms with Crippen molar-refractivity contribution in [1.82, 2.24) is 10.3 Å². The second-order valence-corrected chi connectivity index (χ2v) is 7.53. The van der Waals surface area contributed by atoms with Crippen molar-refractivity contribution in [2.45, 2.75) is 11.6 Å². The Hall–Kier alpha value is -0.750. The molecule has 2 nitrogen and oxygen atoms in total. The van der Waals surface area contributed by atoms with Gasteiger partial charge < -0.3 is 10.3 Å². The molecule has 20 heavy (non-hydrogen) atoms. The van der Waals surface area contributed by atoms with Crippen LogP contribution in [0, 0.1) is 0 Å². The molecule has 0 spiro atoms. The van der Waals surface area contributed by atoms with Crippen molar-refractivity contribution in [3.05, 3.63) is 51.1 Å². The highest BCUT2D eigenvalue weighted by atomic mass is 79.9. The second kappa shape index (κ2) is 6.80. The predicted molar refractivity (Wildman–Crippen MR) is 92.7 cm³/mol. The molecule has 0 fully saturated rings. The molecule has 0 atom stereocenters. The number of thioether (sulfide) groups is 1. The summed E-state index contributed by atoms with van der Waals surface area (Å²) in [7, 11) is 0. The number of thiophene rings is 1. The summed E-state index contributed by atoms with van der Waals surface area (Å²) >= 11 is 7.12. The number of benzene rings is 1. The van der Waals surface area contributed by atoms with Crippen LogP contribution in [0.4, 0.5) is 0 Å². The molecule has 0 aliphatic heterocycles. The zero-order valence-corrected chi connectivity index (χ0v) is 14.1. The third kappa shape index (κ3) is 3.67. The number of rotatable bonds is 6. The van der Waals surface area contributed by atoms with Crippen LogP contribution >= 0.6 is 39.0 Å². The molecule has 2 aromatic heterocycles. The van der Waals surface area contributed by atoms with Crippen LogP contribution in [0.2, 0.25) is 0 Å². The van der Waals surface area contributed by atoms with Gasteiger partial charge in [0, 0.05) is 44.5 Å². The molecule has 0 saturated carbocycles. The van der Waals surface area contributed by atoms with Gasteiger partial charge in [-0.2, -0.15) is 0 Å². The molecule has 2 heterocycles. The molecule has 0 amide bonds. The van der Waals surface area contributed by atoms with E-state index in [1.54, 1.807) is 11.3 Å². The first-order chi connectivity index (χ1) is 9.81. The summed E-state index contributed by atoms with van der Waals surface area (Å²) in [4.78, 5) is 4.81. The van der Waals surface area contributed by atoms with Crippen molar-refractivity contribution < 1.29 is 0 Å². The van der Waals surface area contributed by atoms with Gasteiger partial charge in [-0.25, -0.2) is 0 Å². The van der Waals surface area contributed by atoms with Crippen molar-refractivity contribution in [3.63, 3.8) is 0 Å². The van der Waals surface area contributed by atoms with Gasteiger partial charge in [0.2, 0.25) is 0 Å². The summed E-state index contributed by atoms with van der Waals surface area (Å²) in [5.41, 5.74) is 1.21. The van der Waals surface area contributed by atoms with Crippen LogP contribution in [0.15, 0.2) is 51.3 Å². The number of aromatic nitrogens is 1. The maximum absolute atomic E-state index is 3.48. The highest BCUT2D eigenvalue weighted by Crippen LogP contribution is 2.23. The Kier molecular flexibility index (Phi) is 4.83. The van der Waals surface area contributed by atoms with Crippen molar-refractivity contribution in [2.24, 2.45) is 0 Å². The zero-order valence-electron chi connectivity index (χ0n) is 10.9. The molecule has 0 radical (unpaired) electrons. The van der Waals surface area contributed by atoms with E-state index in [-0.39, 0.29) is 0 Å². The van der Waals surface area contributed by atoms with Crippen molar-refractivity contribution in [3.8, 4) is 0 Å². The molecular weight excluding hydrogens is 352 g/mol. The van der Waals surface area contributed by atoms with E-state index in [4.69, 9.17) is 0 Å². The average Bonchev–Trinajstić information content (AvgIpc) is 3.04. The Morgan fingerprint density at radius 1 is 1.25 bits per heavy atom. The van der Waals surface area contributed by atoms with Crippen LogP contribution in [-0.2, 0) is 6.54 Å². The fourth-order valence-electron chi connectivity index (χ4n) is 2.02. The summed E-state index contributed by atoms with van der Waals surface area (Å²) in [6.45, 7) is 1.96. The first-order valence-corrected chi connectivity index (χ1v) is 9.11. The lowest BCUT2D eigenvalue weighted by atomic mass is 10.3. The van der Waals surface area contributed by atoms with E-state index in [1.807, 2.05) is 11.8 Å². The number of nitrogens with one attached hydrogen (secondary N) is 2. The van der Waals surface area contributed by atoms with Crippen molar-refractivity contribution in [1.29, 1.82) is 0 Å². The molecule has 0 bridgehead atoms. The van der Waals surface area contributed by atoms with Crippen LogP contribution in [0.3, 0.4) is 0 Å². The Labute approximate surface area is 135 Å². The van der Waals surface area contributed by atoms with Gasteiger partial charge in [0.25, 0.3) is 0 Å². The minimum Gasteiger partial charge on any atom is -0.350 e. The van der Waals surface area contributed by atoms with E-state index in [9.17, 15) is 0 Å². The highest BCUT2D eigenvalue weighted by Gasteiger charge is 2.01. The van der Waals surface area contributed by atoms with Crippen LogP contribution in [0.5, 0.6) is 0 Å². The molecule has 0 saturated heterocycles. The Morgan fingerprint density at radius 3 is 2.95 bits per heavy atom. The van der Waals surface area contributed by atoms with Gasteiger partial charge in [0.1, 0.15) is 0 Å². The molecule has 0 aliphatic carbocycles. The molecule has 2 N–H and O–H groups in total. The number of fused-ring (bicyclic) bond motifs is 1. The van der Waals surface area contributed by atoms with E-state index in [0.717, 1.165) is 18.8 Å². The molecule has 3 rings (SSSR count). The van der Waals surface area contributed by atoms with E-state index < -0.39 is 0 Å². The minimum absolute atomic E-state index is 0.948. The monoisotopic (exact) mass is 366 g/mol. The fourth-order valence-corrected chi connectivity index (χ4v) is 4.30. The quantitative estimate of drug-likeness (QED) is 0.480. The van der Waals surface area contributed by atoms with Crippen molar-refractivity contribution in [2.75, 3.05) is 12.3 Å². The molecular formula is C15H15BrN2S2. The van der Waals surface area contributed by atoms with Gasteiger partial charge in [-0.05, 0) is 34.1 Å². The Bertz CT molecular complexity index is 657. The predicted octanol–water partition coefficient (Wildman–Crippen LogP) is 4.87. The molecule has 3 aromatic rings. The first kappa shape index (κ1) is 14.2. The first-order valence-electron chi connectivity index (χ1n) is 6.45. The Balaban J connectivity index is 1.43. The zero-order chi connectivity index (χ0) is 13.8. The van der Waals surface area contributed by atoms with Crippen LogP contribution in [0.1, 0.15) is 4.88 Å². The van der Waals surface area contributed by atoms with Gasteiger partial charge in [-0.3, -0.25) is 0 Å². The molecule has 1 aromatic carbocycles. The van der Waals surface area contributed by atoms with Crippen molar-refractivity contribution >= 4 is 49.9 Å². The number of H-pyrrole nitrogens is 1. The molecule has 5 heteroatoms. The normalized spacial score (nSPS) is 11.2. The third-order valence-electron chi connectivity index (χ3n) is 2.96. The largest absolute Gasteiger partial charge is 0.350 e. The topological polar surface area (TPSA) is 27.8 Å². The van der Waals surface area contributed by atoms with Crippen LogP contribution < -0.4 is 5.32 Å². The maximum Gasteiger partial charge on any atom is 0.0732 e. The SMILES string of the molecule is Brc1csc(CNCCSc2cc3ccccc3[nH]2)c1. The number of aromatic amines is 1. The number of hydrogen-bond acceptors (Lipinski definition) is 3. The number of para-hydroxylation sites is 1. The second-order valence-electron chi connectivity index (χ2n) is 4.48. The summed E-state index contributed by atoms with van der Waals surface area (Å²) < 4.78 is 1.17. The highest BCUT2D eigenvalue weighted by molar-refractivity contribution is 9.10. The fraction of sp³-hybridized carbons (Fsp3) is 0.200. The van der Waals surface area contributed by atoms with E-state index in [1.165, 1.54) is 25.3 Å². The Morgan fingerprint density at radius 2 is 2.15 bits per heavy atom. The lowest BCUT2D eigenvalue weighted by molar-refractivity contribution is 0.740. The summed E-state index contributed by atoms with van der Waals surface area (Å²) in [5, 5.41) is 8.12. The summed E-state index contributed by atoms with van der Waals surface area (Å²) in [6.07, 6.45) is 0. The van der Waals surface area contributed by atoms with Gasteiger partial charge >= 0.3 is 0 Å². The average molecular weight is 367 g/mol.